The summed E-state index contributed by atoms with van der Waals surface area (Å²) in [6, 6.07) is 4.99. The first-order valence-corrected chi connectivity index (χ1v) is 6.01. The molecule has 0 amide bonds. The van der Waals surface area contributed by atoms with Crippen LogP contribution in [0.15, 0.2) is 18.2 Å². The van der Waals surface area contributed by atoms with Crippen molar-refractivity contribution in [2.24, 2.45) is 0 Å². The van der Waals surface area contributed by atoms with Gasteiger partial charge in [0.1, 0.15) is 0 Å². The van der Waals surface area contributed by atoms with Crippen LogP contribution >= 0.6 is 0 Å². The minimum Gasteiger partial charge on any atom is -0.478 e. The highest BCUT2D eigenvalue weighted by Gasteiger charge is 2.13. The summed E-state index contributed by atoms with van der Waals surface area (Å²) >= 11 is 0. The second-order valence-corrected chi connectivity index (χ2v) is 4.56. The van der Waals surface area contributed by atoms with Crippen LogP contribution in [-0.4, -0.2) is 29.1 Å². The summed E-state index contributed by atoms with van der Waals surface area (Å²) < 4.78 is 0. The van der Waals surface area contributed by atoms with Gasteiger partial charge in [-0.05, 0) is 43.6 Å². The summed E-state index contributed by atoms with van der Waals surface area (Å²) in [5.41, 5.74) is 7.74. The van der Waals surface area contributed by atoms with Gasteiger partial charge in [0.2, 0.25) is 0 Å². The van der Waals surface area contributed by atoms with Gasteiger partial charge in [-0.3, -0.25) is 4.90 Å². The second-order valence-electron chi connectivity index (χ2n) is 4.56. The monoisotopic (exact) mass is 234 g/mol. The topological polar surface area (TPSA) is 66.6 Å². The van der Waals surface area contributed by atoms with Crippen molar-refractivity contribution >= 4 is 11.7 Å². The predicted molar refractivity (Wildman–Crippen MR) is 66.9 cm³/mol. The standard InChI is InChI=1S/C13H18N2O2/c14-12-8-10(13(16)17)4-5-11(12)9-15-6-2-1-3-7-15/h4-5,8H,1-3,6-7,9,14H2,(H,16,17). The van der Waals surface area contributed by atoms with E-state index in [2.05, 4.69) is 4.90 Å². The van der Waals surface area contributed by atoms with E-state index in [1.807, 2.05) is 6.07 Å². The Morgan fingerprint density at radius 1 is 1.29 bits per heavy atom. The SMILES string of the molecule is Nc1cc(C(=O)O)ccc1CN1CCCCC1. The van der Waals surface area contributed by atoms with Crippen LogP contribution in [0.4, 0.5) is 5.69 Å². The van der Waals surface area contributed by atoms with Crippen molar-refractivity contribution < 1.29 is 9.90 Å². The van der Waals surface area contributed by atoms with Gasteiger partial charge < -0.3 is 10.8 Å². The number of anilines is 1. The van der Waals surface area contributed by atoms with E-state index in [0.29, 0.717) is 5.69 Å². The van der Waals surface area contributed by atoms with E-state index in [1.54, 1.807) is 12.1 Å². The maximum Gasteiger partial charge on any atom is 0.335 e. The van der Waals surface area contributed by atoms with Gasteiger partial charge in [-0.25, -0.2) is 4.79 Å². The number of piperidine rings is 1. The number of carboxylic acids is 1. The van der Waals surface area contributed by atoms with E-state index in [9.17, 15) is 4.79 Å². The molecule has 0 radical (unpaired) electrons. The summed E-state index contributed by atoms with van der Waals surface area (Å²) in [4.78, 5) is 13.2. The van der Waals surface area contributed by atoms with Gasteiger partial charge >= 0.3 is 5.97 Å². The number of nitrogen functional groups attached to an aromatic ring is 1. The van der Waals surface area contributed by atoms with Gasteiger partial charge in [-0.2, -0.15) is 0 Å². The van der Waals surface area contributed by atoms with Crippen LogP contribution in [0, 0.1) is 0 Å². The first-order valence-electron chi connectivity index (χ1n) is 6.01. The maximum atomic E-state index is 10.8. The van der Waals surface area contributed by atoms with Crippen LogP contribution in [0.5, 0.6) is 0 Å². The highest BCUT2D eigenvalue weighted by atomic mass is 16.4. The fourth-order valence-corrected chi connectivity index (χ4v) is 2.23. The lowest BCUT2D eigenvalue weighted by Gasteiger charge is -2.26. The van der Waals surface area contributed by atoms with Gasteiger partial charge in [0.15, 0.2) is 0 Å². The number of hydrogen-bond acceptors (Lipinski definition) is 3. The summed E-state index contributed by atoms with van der Waals surface area (Å²) in [5.74, 6) is -0.929. The van der Waals surface area contributed by atoms with Gasteiger partial charge in [0, 0.05) is 12.2 Å². The molecule has 0 spiro atoms. The van der Waals surface area contributed by atoms with Crippen molar-refractivity contribution in [3.63, 3.8) is 0 Å². The molecule has 2 rings (SSSR count). The molecule has 1 saturated heterocycles. The van der Waals surface area contributed by atoms with Gasteiger partial charge in [0.25, 0.3) is 0 Å². The minimum atomic E-state index is -0.929. The lowest BCUT2D eigenvalue weighted by Crippen LogP contribution is -2.29. The molecule has 0 saturated carbocycles. The highest BCUT2D eigenvalue weighted by molar-refractivity contribution is 5.88. The van der Waals surface area contributed by atoms with E-state index in [1.165, 1.54) is 19.3 Å². The molecule has 0 atom stereocenters. The third-order valence-electron chi connectivity index (χ3n) is 3.24. The number of carboxylic acid groups (broad SMARTS) is 1. The molecule has 1 aliphatic heterocycles. The molecule has 0 aliphatic carbocycles. The van der Waals surface area contributed by atoms with Crippen LogP contribution in [0.1, 0.15) is 35.2 Å². The van der Waals surface area contributed by atoms with Crippen molar-refractivity contribution in [2.45, 2.75) is 25.8 Å². The molecule has 1 fully saturated rings. The minimum absolute atomic E-state index is 0.255. The average molecular weight is 234 g/mol. The number of likely N-dealkylation sites (tertiary alicyclic amines) is 1. The molecule has 17 heavy (non-hydrogen) atoms. The zero-order chi connectivity index (χ0) is 12.3. The third-order valence-corrected chi connectivity index (χ3v) is 3.24. The molecule has 3 N–H and O–H groups in total. The van der Waals surface area contributed by atoms with Crippen LogP contribution in [0.25, 0.3) is 0 Å². The molecule has 1 aromatic rings. The molecule has 0 bridgehead atoms. The Kier molecular flexibility index (Phi) is 3.64. The summed E-state index contributed by atoms with van der Waals surface area (Å²) in [7, 11) is 0. The normalized spacial score (nSPS) is 16.9. The van der Waals surface area contributed by atoms with Gasteiger partial charge in [-0.15, -0.1) is 0 Å². The number of nitrogens with zero attached hydrogens (tertiary/aromatic N) is 1. The van der Waals surface area contributed by atoms with E-state index in [4.69, 9.17) is 10.8 Å². The Labute approximate surface area is 101 Å². The average Bonchev–Trinajstić information content (AvgIpc) is 2.33. The van der Waals surface area contributed by atoms with E-state index in [0.717, 1.165) is 25.2 Å². The van der Waals surface area contributed by atoms with Crippen LogP contribution in [-0.2, 0) is 6.54 Å². The third kappa shape index (κ3) is 2.97. The summed E-state index contributed by atoms with van der Waals surface area (Å²) in [6.45, 7) is 3.05. The molecule has 92 valence electrons. The van der Waals surface area contributed by atoms with Crippen molar-refractivity contribution in [2.75, 3.05) is 18.8 Å². The molecule has 1 aromatic carbocycles. The van der Waals surface area contributed by atoms with E-state index >= 15 is 0 Å². The Morgan fingerprint density at radius 3 is 2.59 bits per heavy atom. The van der Waals surface area contributed by atoms with Crippen molar-refractivity contribution in [3.8, 4) is 0 Å². The highest BCUT2D eigenvalue weighted by Crippen LogP contribution is 2.19. The van der Waals surface area contributed by atoms with Gasteiger partial charge in [0.05, 0.1) is 5.56 Å². The Balaban J connectivity index is 2.08. The van der Waals surface area contributed by atoms with Crippen LogP contribution in [0.3, 0.4) is 0 Å². The fourth-order valence-electron chi connectivity index (χ4n) is 2.23. The Bertz CT molecular complexity index is 412. The number of rotatable bonds is 3. The first-order chi connectivity index (χ1) is 8.16. The molecular weight excluding hydrogens is 216 g/mol. The quantitative estimate of drug-likeness (QED) is 0.784. The number of benzene rings is 1. The summed E-state index contributed by atoms with van der Waals surface area (Å²) in [5, 5.41) is 8.86. The van der Waals surface area contributed by atoms with Gasteiger partial charge in [-0.1, -0.05) is 12.5 Å². The molecular formula is C13H18N2O2. The van der Waals surface area contributed by atoms with Crippen molar-refractivity contribution in [1.82, 2.24) is 4.90 Å². The largest absolute Gasteiger partial charge is 0.478 e. The van der Waals surface area contributed by atoms with Crippen LogP contribution < -0.4 is 5.73 Å². The number of nitrogens with two attached hydrogens (primary N) is 1. The second kappa shape index (κ2) is 5.19. The van der Waals surface area contributed by atoms with Crippen LogP contribution in [0.2, 0.25) is 0 Å². The van der Waals surface area contributed by atoms with Crippen molar-refractivity contribution in [3.05, 3.63) is 29.3 Å². The summed E-state index contributed by atoms with van der Waals surface area (Å²) in [6.07, 6.45) is 3.80. The molecule has 1 aliphatic rings. The smallest absolute Gasteiger partial charge is 0.335 e. The molecule has 1 heterocycles. The lowest BCUT2D eigenvalue weighted by molar-refractivity contribution is 0.0697. The maximum absolute atomic E-state index is 10.8. The molecule has 0 unspecified atom stereocenters. The number of hydrogen-bond donors (Lipinski definition) is 2. The Morgan fingerprint density at radius 2 is 2.00 bits per heavy atom. The first kappa shape index (κ1) is 11.9. The molecule has 4 heteroatoms. The molecule has 0 aromatic heterocycles. The van der Waals surface area contributed by atoms with Crippen molar-refractivity contribution in [1.29, 1.82) is 0 Å². The number of aromatic carboxylic acids is 1. The molecule has 4 nitrogen and oxygen atoms in total. The predicted octanol–water partition coefficient (Wildman–Crippen LogP) is 1.95. The Hall–Kier alpha value is -1.55. The zero-order valence-corrected chi connectivity index (χ0v) is 9.85. The fraction of sp³-hybridized carbons (Fsp3) is 0.462. The zero-order valence-electron chi connectivity index (χ0n) is 9.85. The van der Waals surface area contributed by atoms with E-state index in [-0.39, 0.29) is 5.56 Å². The number of carbonyl (C=O) groups is 1. The lowest BCUT2D eigenvalue weighted by atomic mass is 10.1. The van der Waals surface area contributed by atoms with E-state index < -0.39 is 5.97 Å².